The number of hydrogen-bond acceptors (Lipinski definition) is 2. The first-order valence-corrected chi connectivity index (χ1v) is 4.52. The molecule has 0 saturated heterocycles. The summed E-state index contributed by atoms with van der Waals surface area (Å²) >= 11 is 0. The van der Waals surface area contributed by atoms with Gasteiger partial charge in [0.15, 0.2) is 0 Å². The second-order valence-electron chi connectivity index (χ2n) is 3.09. The predicted molar refractivity (Wildman–Crippen MR) is 51.0 cm³/mol. The van der Waals surface area contributed by atoms with Crippen LogP contribution >= 0.6 is 0 Å². The summed E-state index contributed by atoms with van der Waals surface area (Å²) in [7, 11) is 0. The Bertz CT molecular complexity index is 402. The topological polar surface area (TPSA) is 52.3 Å². The van der Waals surface area contributed by atoms with Gasteiger partial charge in [0.05, 0.1) is 0 Å². The highest BCUT2D eigenvalue weighted by Gasteiger charge is 2.32. The van der Waals surface area contributed by atoms with Gasteiger partial charge in [0, 0.05) is 5.56 Å². The minimum absolute atomic E-state index is 0.0172. The molecule has 2 N–H and O–H groups in total. The lowest BCUT2D eigenvalue weighted by molar-refractivity contribution is -0.274. The van der Waals surface area contributed by atoms with Crippen LogP contribution in [0.2, 0.25) is 0 Å². The summed E-state index contributed by atoms with van der Waals surface area (Å²) in [6, 6.07) is 3.75. The van der Waals surface area contributed by atoms with Crippen LogP contribution in [0.15, 0.2) is 18.2 Å². The van der Waals surface area contributed by atoms with E-state index in [0.29, 0.717) is 12.0 Å². The number of carbonyl (C=O) groups is 1. The van der Waals surface area contributed by atoms with Crippen molar-refractivity contribution in [2.24, 2.45) is 5.73 Å². The van der Waals surface area contributed by atoms with Crippen molar-refractivity contribution in [2.75, 3.05) is 0 Å². The molecule has 6 heteroatoms. The van der Waals surface area contributed by atoms with Gasteiger partial charge in [-0.3, -0.25) is 4.79 Å². The number of benzene rings is 1. The highest BCUT2D eigenvalue weighted by Crippen LogP contribution is 2.27. The molecule has 0 bridgehead atoms. The van der Waals surface area contributed by atoms with Crippen molar-refractivity contribution in [1.82, 2.24) is 0 Å². The molecule has 0 aromatic heterocycles. The molecule has 0 aliphatic carbocycles. The van der Waals surface area contributed by atoms with Crippen molar-refractivity contribution < 1.29 is 22.7 Å². The van der Waals surface area contributed by atoms with Crippen molar-refractivity contribution in [2.45, 2.75) is 19.7 Å². The highest BCUT2D eigenvalue weighted by atomic mass is 19.4. The summed E-state index contributed by atoms with van der Waals surface area (Å²) in [5.74, 6) is -1.18. The molecular formula is C10H10F3NO2. The van der Waals surface area contributed by atoms with Gasteiger partial charge < -0.3 is 10.5 Å². The summed E-state index contributed by atoms with van der Waals surface area (Å²) in [5, 5.41) is 0. The van der Waals surface area contributed by atoms with Crippen LogP contribution in [0.5, 0.6) is 5.75 Å². The number of alkyl halides is 3. The Morgan fingerprint density at radius 2 is 2.06 bits per heavy atom. The van der Waals surface area contributed by atoms with E-state index in [1.807, 2.05) is 0 Å². The quantitative estimate of drug-likeness (QED) is 0.870. The Morgan fingerprint density at radius 1 is 1.44 bits per heavy atom. The average molecular weight is 233 g/mol. The first-order chi connectivity index (χ1) is 7.33. The van der Waals surface area contributed by atoms with E-state index in [1.54, 1.807) is 6.92 Å². The SMILES string of the molecule is CCc1ccc(C(N)=O)cc1OC(F)(F)F. The summed E-state index contributed by atoms with van der Waals surface area (Å²) in [5.41, 5.74) is 5.31. The zero-order valence-corrected chi connectivity index (χ0v) is 8.47. The molecule has 1 aromatic rings. The number of hydrogen-bond donors (Lipinski definition) is 1. The van der Waals surface area contributed by atoms with E-state index in [1.165, 1.54) is 12.1 Å². The Labute approximate surface area is 90.0 Å². The molecule has 0 aliphatic rings. The minimum Gasteiger partial charge on any atom is -0.405 e. The maximum Gasteiger partial charge on any atom is 0.573 e. The van der Waals surface area contributed by atoms with Gasteiger partial charge >= 0.3 is 6.36 Å². The third-order valence-corrected chi connectivity index (χ3v) is 1.96. The van der Waals surface area contributed by atoms with Crippen molar-refractivity contribution in [3.8, 4) is 5.75 Å². The van der Waals surface area contributed by atoms with Gasteiger partial charge in [-0.1, -0.05) is 13.0 Å². The molecule has 0 aliphatic heterocycles. The third-order valence-electron chi connectivity index (χ3n) is 1.96. The van der Waals surface area contributed by atoms with Crippen LogP contribution in [0, 0.1) is 0 Å². The zero-order valence-electron chi connectivity index (χ0n) is 8.47. The fourth-order valence-corrected chi connectivity index (χ4v) is 1.22. The van der Waals surface area contributed by atoms with Crippen molar-refractivity contribution in [3.05, 3.63) is 29.3 Å². The number of ether oxygens (including phenoxy) is 1. The number of halogens is 3. The summed E-state index contributed by atoms with van der Waals surface area (Å²) in [6.45, 7) is 1.68. The molecule has 16 heavy (non-hydrogen) atoms. The second kappa shape index (κ2) is 4.42. The molecule has 88 valence electrons. The molecule has 0 saturated carbocycles. The molecule has 0 unspecified atom stereocenters. The molecular weight excluding hydrogens is 223 g/mol. The number of rotatable bonds is 3. The summed E-state index contributed by atoms with van der Waals surface area (Å²) < 4.78 is 40.0. The van der Waals surface area contributed by atoms with E-state index in [0.717, 1.165) is 6.07 Å². The number of amides is 1. The molecule has 1 aromatic carbocycles. The monoisotopic (exact) mass is 233 g/mol. The third kappa shape index (κ3) is 3.15. The number of primary amides is 1. The van der Waals surface area contributed by atoms with E-state index in [9.17, 15) is 18.0 Å². The fourth-order valence-electron chi connectivity index (χ4n) is 1.22. The smallest absolute Gasteiger partial charge is 0.405 e. The van der Waals surface area contributed by atoms with Gasteiger partial charge in [0.25, 0.3) is 0 Å². The number of carbonyl (C=O) groups excluding carboxylic acids is 1. The second-order valence-corrected chi connectivity index (χ2v) is 3.09. The molecule has 0 heterocycles. The minimum atomic E-state index is -4.78. The van der Waals surface area contributed by atoms with Gasteiger partial charge in [0.2, 0.25) is 5.91 Å². The summed E-state index contributed by atoms with van der Waals surface area (Å²) in [6.07, 6.45) is -4.41. The Balaban J connectivity index is 3.12. The largest absolute Gasteiger partial charge is 0.573 e. The number of aryl methyl sites for hydroxylation is 1. The Hall–Kier alpha value is -1.72. The van der Waals surface area contributed by atoms with Crippen LogP contribution in [0.3, 0.4) is 0 Å². The Kier molecular flexibility index (Phi) is 3.41. The van der Waals surface area contributed by atoms with Crippen LogP contribution in [-0.2, 0) is 6.42 Å². The molecule has 0 radical (unpaired) electrons. The maximum absolute atomic E-state index is 12.1. The van der Waals surface area contributed by atoms with Gasteiger partial charge in [-0.2, -0.15) is 0 Å². The first-order valence-electron chi connectivity index (χ1n) is 4.52. The molecule has 1 rings (SSSR count). The van der Waals surface area contributed by atoms with E-state index in [4.69, 9.17) is 5.73 Å². The molecule has 1 amide bonds. The van der Waals surface area contributed by atoms with E-state index >= 15 is 0 Å². The van der Waals surface area contributed by atoms with Crippen LogP contribution in [0.25, 0.3) is 0 Å². The molecule has 0 spiro atoms. The molecule has 3 nitrogen and oxygen atoms in total. The lowest BCUT2D eigenvalue weighted by Gasteiger charge is -2.13. The standard InChI is InChI=1S/C10H10F3NO2/c1-2-6-3-4-7(9(14)15)5-8(6)16-10(11,12)13/h3-5H,2H2,1H3,(H2,14,15). The van der Waals surface area contributed by atoms with Crippen LogP contribution in [0.1, 0.15) is 22.8 Å². The first kappa shape index (κ1) is 12.4. The summed E-state index contributed by atoms with van der Waals surface area (Å²) in [4.78, 5) is 10.8. The Morgan fingerprint density at radius 3 is 2.50 bits per heavy atom. The van der Waals surface area contributed by atoms with Gasteiger partial charge in [-0.05, 0) is 24.1 Å². The van der Waals surface area contributed by atoms with E-state index < -0.39 is 12.3 Å². The van der Waals surface area contributed by atoms with E-state index in [-0.39, 0.29) is 11.3 Å². The van der Waals surface area contributed by atoms with Crippen molar-refractivity contribution >= 4 is 5.91 Å². The lowest BCUT2D eigenvalue weighted by atomic mass is 10.1. The van der Waals surface area contributed by atoms with E-state index in [2.05, 4.69) is 4.74 Å². The average Bonchev–Trinajstić information content (AvgIpc) is 2.15. The fraction of sp³-hybridized carbons (Fsp3) is 0.300. The molecule has 0 atom stereocenters. The highest BCUT2D eigenvalue weighted by molar-refractivity contribution is 5.93. The van der Waals surface area contributed by atoms with Crippen LogP contribution in [0.4, 0.5) is 13.2 Å². The van der Waals surface area contributed by atoms with Gasteiger partial charge in [0.1, 0.15) is 5.75 Å². The maximum atomic E-state index is 12.1. The number of nitrogens with two attached hydrogens (primary N) is 1. The zero-order chi connectivity index (χ0) is 12.3. The van der Waals surface area contributed by atoms with Gasteiger partial charge in [-0.25, -0.2) is 0 Å². The predicted octanol–water partition coefficient (Wildman–Crippen LogP) is 2.25. The normalized spacial score (nSPS) is 11.2. The van der Waals surface area contributed by atoms with Crippen LogP contribution < -0.4 is 10.5 Å². The lowest BCUT2D eigenvalue weighted by Crippen LogP contribution is -2.19. The van der Waals surface area contributed by atoms with Crippen molar-refractivity contribution in [1.29, 1.82) is 0 Å². The van der Waals surface area contributed by atoms with Gasteiger partial charge in [-0.15, -0.1) is 13.2 Å². The molecule has 0 fully saturated rings. The van der Waals surface area contributed by atoms with Crippen LogP contribution in [-0.4, -0.2) is 12.3 Å². The van der Waals surface area contributed by atoms with Crippen molar-refractivity contribution in [3.63, 3.8) is 0 Å².